The molecule has 0 spiro atoms. The lowest BCUT2D eigenvalue weighted by atomic mass is 9.33. The van der Waals surface area contributed by atoms with E-state index in [-0.39, 0.29) is 27.1 Å². The Kier molecular flexibility index (Phi) is 8.03. The molecule has 1 aromatic rings. The Morgan fingerprint density at radius 3 is 2.31 bits per heavy atom. The van der Waals surface area contributed by atoms with Gasteiger partial charge in [0.2, 0.25) is 5.91 Å². The van der Waals surface area contributed by atoms with Gasteiger partial charge < -0.3 is 15.3 Å². The first-order valence-corrected chi connectivity index (χ1v) is 17.8. The van der Waals surface area contributed by atoms with Crippen molar-refractivity contribution in [2.45, 2.75) is 99.3 Å². The van der Waals surface area contributed by atoms with Gasteiger partial charge in [-0.15, -0.1) is 0 Å². The van der Waals surface area contributed by atoms with Crippen LogP contribution >= 0.6 is 0 Å². The highest BCUT2D eigenvalue weighted by atomic mass is 16.4. The van der Waals surface area contributed by atoms with Crippen LogP contribution in [0, 0.1) is 50.7 Å². The summed E-state index contributed by atoms with van der Waals surface area (Å²) in [6, 6.07) is 7.54. The van der Waals surface area contributed by atoms with Gasteiger partial charge >= 0.3 is 5.97 Å². The van der Waals surface area contributed by atoms with Crippen molar-refractivity contribution in [2.75, 3.05) is 27.2 Å². The van der Waals surface area contributed by atoms with Gasteiger partial charge in [0, 0.05) is 13.1 Å². The molecule has 8 atom stereocenters. The summed E-state index contributed by atoms with van der Waals surface area (Å²) in [6.45, 7) is 16.7. The van der Waals surface area contributed by atoms with Crippen molar-refractivity contribution < 1.29 is 14.7 Å². The highest BCUT2D eigenvalue weighted by Crippen LogP contribution is 2.75. The number of carboxylic acid groups (broad SMARTS) is 1. The molecule has 5 heteroatoms. The third kappa shape index (κ3) is 4.72. The number of nitrogens with one attached hydrogen (secondary N) is 1. The molecule has 2 N–H and O–H groups in total. The summed E-state index contributed by atoms with van der Waals surface area (Å²) in [7, 11) is 4.15. The molecule has 0 aromatic heterocycles. The molecule has 5 aliphatic carbocycles. The summed E-state index contributed by atoms with van der Waals surface area (Å²) in [5.74, 6) is 1.46. The van der Waals surface area contributed by atoms with Gasteiger partial charge in [-0.25, -0.2) is 4.79 Å². The van der Waals surface area contributed by atoms with Crippen LogP contribution in [0.4, 0.5) is 0 Å². The van der Waals surface area contributed by atoms with E-state index in [1.54, 1.807) is 17.7 Å². The second-order valence-corrected chi connectivity index (χ2v) is 17.3. The van der Waals surface area contributed by atoms with Crippen molar-refractivity contribution in [3.8, 4) is 0 Å². The van der Waals surface area contributed by atoms with Gasteiger partial charge in [-0.05, 0) is 128 Å². The van der Waals surface area contributed by atoms with Gasteiger partial charge in [0.1, 0.15) is 0 Å². The molecule has 5 nitrogen and oxygen atoms in total. The summed E-state index contributed by atoms with van der Waals surface area (Å²) < 4.78 is 0. The smallest absolute Gasteiger partial charge is 0.335 e. The van der Waals surface area contributed by atoms with Crippen LogP contribution in [0.5, 0.6) is 0 Å². The quantitative estimate of drug-likeness (QED) is 0.316. The summed E-state index contributed by atoms with van der Waals surface area (Å²) in [4.78, 5) is 27.8. The van der Waals surface area contributed by atoms with Crippen molar-refractivity contribution in [3.05, 3.63) is 53.1 Å². The number of amides is 1. The number of rotatable bonds is 6. The van der Waals surface area contributed by atoms with Crippen LogP contribution in [0.2, 0.25) is 0 Å². The summed E-state index contributed by atoms with van der Waals surface area (Å²) in [5.41, 5.74) is 4.73. The number of allylic oxidation sites excluding steroid dienone is 4. The van der Waals surface area contributed by atoms with Gasteiger partial charge in [-0.3, -0.25) is 4.79 Å². The fourth-order valence-corrected chi connectivity index (χ4v) is 12.2. The predicted octanol–water partition coefficient (Wildman–Crippen LogP) is 8.47. The van der Waals surface area contributed by atoms with Crippen molar-refractivity contribution in [1.29, 1.82) is 0 Å². The van der Waals surface area contributed by atoms with Crippen LogP contribution in [0.1, 0.15) is 115 Å². The molecule has 3 fully saturated rings. The Morgan fingerprint density at radius 2 is 1.64 bits per heavy atom. The monoisotopic (exact) mass is 614 g/mol. The normalized spacial score (nSPS) is 40.2. The molecule has 0 heterocycles. The molecule has 0 saturated heterocycles. The number of hydrogen-bond donors (Lipinski definition) is 2. The highest BCUT2D eigenvalue weighted by Gasteiger charge is 2.68. The molecule has 45 heavy (non-hydrogen) atoms. The third-order valence-corrected chi connectivity index (χ3v) is 14.7. The van der Waals surface area contributed by atoms with Crippen molar-refractivity contribution in [2.24, 2.45) is 50.7 Å². The van der Waals surface area contributed by atoms with Crippen molar-refractivity contribution in [1.82, 2.24) is 10.2 Å². The topological polar surface area (TPSA) is 69.6 Å². The average molecular weight is 615 g/mol. The first kappa shape index (κ1) is 32.5. The average Bonchev–Trinajstić information content (AvgIpc) is 2.97. The molecule has 246 valence electrons. The second kappa shape index (κ2) is 11.1. The molecule has 5 aliphatic rings. The number of carbonyl (C=O) groups excluding carboxylic acids is 1. The maximum Gasteiger partial charge on any atom is 0.335 e. The van der Waals surface area contributed by atoms with E-state index in [0.717, 1.165) is 57.2 Å². The zero-order valence-corrected chi connectivity index (χ0v) is 29.3. The maximum absolute atomic E-state index is 14.1. The Bertz CT molecular complexity index is 1410. The van der Waals surface area contributed by atoms with Crippen LogP contribution in [0.15, 0.2) is 42.0 Å². The number of aromatic carboxylic acids is 1. The lowest BCUT2D eigenvalue weighted by molar-refractivity contribution is -0.167. The van der Waals surface area contributed by atoms with E-state index in [4.69, 9.17) is 0 Å². The van der Waals surface area contributed by atoms with Crippen LogP contribution < -0.4 is 5.32 Å². The number of benzene rings is 1. The molecular formula is C40H58N2O3. The van der Waals surface area contributed by atoms with E-state index < -0.39 is 5.97 Å². The van der Waals surface area contributed by atoms with Crippen LogP contribution in [-0.2, 0) is 4.79 Å². The molecule has 0 unspecified atom stereocenters. The lowest BCUT2D eigenvalue weighted by Gasteiger charge is -2.70. The van der Waals surface area contributed by atoms with Gasteiger partial charge in [0.25, 0.3) is 0 Å². The summed E-state index contributed by atoms with van der Waals surface area (Å²) in [6.07, 6.45) is 15.3. The van der Waals surface area contributed by atoms with E-state index in [2.05, 4.69) is 78.0 Å². The number of fused-ring (bicyclic) bond motifs is 7. The van der Waals surface area contributed by atoms with Gasteiger partial charge in [-0.2, -0.15) is 0 Å². The zero-order valence-electron chi connectivity index (χ0n) is 29.3. The third-order valence-electron chi connectivity index (χ3n) is 14.7. The molecule has 0 aliphatic heterocycles. The number of nitrogens with zero attached hydrogens (tertiary/aromatic N) is 1. The highest BCUT2D eigenvalue weighted by molar-refractivity contribution is 5.88. The number of carbonyl (C=O) groups is 2. The molecule has 6 rings (SSSR count). The first-order valence-electron chi connectivity index (χ1n) is 17.8. The van der Waals surface area contributed by atoms with Gasteiger partial charge in [0.15, 0.2) is 0 Å². The Hall–Kier alpha value is -2.40. The van der Waals surface area contributed by atoms with E-state index in [0.29, 0.717) is 35.1 Å². The van der Waals surface area contributed by atoms with Crippen molar-refractivity contribution >= 4 is 17.4 Å². The lowest BCUT2D eigenvalue weighted by Crippen LogP contribution is -2.64. The largest absolute Gasteiger partial charge is 0.478 e. The van der Waals surface area contributed by atoms with E-state index >= 15 is 0 Å². The van der Waals surface area contributed by atoms with E-state index in [1.807, 2.05) is 12.1 Å². The summed E-state index contributed by atoms with van der Waals surface area (Å²) >= 11 is 0. The van der Waals surface area contributed by atoms with Gasteiger partial charge in [-0.1, -0.05) is 84.2 Å². The molecule has 3 saturated carbocycles. The Labute approximate surface area is 272 Å². The van der Waals surface area contributed by atoms with Crippen LogP contribution in [-0.4, -0.2) is 49.1 Å². The predicted molar refractivity (Wildman–Crippen MR) is 183 cm³/mol. The van der Waals surface area contributed by atoms with E-state index in [1.165, 1.54) is 24.8 Å². The van der Waals surface area contributed by atoms with Crippen LogP contribution in [0.3, 0.4) is 0 Å². The van der Waals surface area contributed by atoms with Crippen molar-refractivity contribution in [3.63, 3.8) is 0 Å². The molecule has 0 bridgehead atoms. The fourth-order valence-electron chi connectivity index (χ4n) is 12.2. The molecule has 1 aromatic carbocycles. The maximum atomic E-state index is 14.1. The first-order chi connectivity index (χ1) is 21.1. The summed E-state index contributed by atoms with van der Waals surface area (Å²) in [5, 5.41) is 12.8. The Balaban J connectivity index is 1.35. The van der Waals surface area contributed by atoms with Crippen LogP contribution in [0.25, 0.3) is 5.57 Å². The fraction of sp³-hybridized carbons (Fsp3) is 0.700. The molecule has 1 amide bonds. The minimum Gasteiger partial charge on any atom is -0.478 e. The molecular weight excluding hydrogens is 556 g/mol. The minimum atomic E-state index is -0.872. The molecule has 0 radical (unpaired) electrons. The Morgan fingerprint density at radius 1 is 0.933 bits per heavy atom. The standard InChI is InChI=1S/C40H58N2O3/c1-26-10-9-19-40(35(45)41-24-25-42(7)8)23-22-38(5)30(33(26)40)15-16-32-37(4)20-17-29(27-11-13-28(14-12-27)34(43)44)36(2,3)31(37)18-21-39(32,38)6/h11-15,17,26,31-33H,9-10,16,18-25H2,1-8H3,(H,41,45)(H,43,44)/t26-,31-,32+,33-,37-,38+,39+,40-/m0/s1. The minimum absolute atomic E-state index is 0.00574. The number of likely N-dealkylation sites (N-methyl/N-ethyl adjacent to an activating group) is 1. The number of hydrogen-bond acceptors (Lipinski definition) is 3. The number of carboxylic acids is 1. The SMILES string of the molecule is C[C@H]1CCC[C@]2(C(=O)NCCN(C)C)CC[C@]3(C)C(=CC[C@@H]4[C@@]5(C)CC=C(c6ccc(C(=O)O)cc6)C(C)(C)[C@@H]5CC[C@]43C)[C@H]12. The zero-order chi connectivity index (χ0) is 32.6. The van der Waals surface area contributed by atoms with E-state index in [9.17, 15) is 14.7 Å². The second-order valence-electron chi connectivity index (χ2n) is 17.3. The van der Waals surface area contributed by atoms with Gasteiger partial charge in [0.05, 0.1) is 11.0 Å².